The van der Waals surface area contributed by atoms with Gasteiger partial charge in [-0.3, -0.25) is 0 Å². The van der Waals surface area contributed by atoms with Crippen LogP contribution in [0.3, 0.4) is 0 Å². The molecular weight excluding hydrogens is 414 g/mol. The number of hydrogen-bond donors (Lipinski definition) is 0. The summed E-state index contributed by atoms with van der Waals surface area (Å²) in [5, 5.41) is 13.5. The molecule has 0 aliphatic heterocycles. The number of thioether (sulfide) groups is 1. The van der Waals surface area contributed by atoms with E-state index in [0.717, 1.165) is 29.7 Å². The monoisotopic (exact) mass is 439 g/mol. The van der Waals surface area contributed by atoms with E-state index in [9.17, 15) is 0 Å². The van der Waals surface area contributed by atoms with Gasteiger partial charge in [0.2, 0.25) is 11.7 Å². The van der Waals surface area contributed by atoms with Crippen LogP contribution in [-0.4, -0.2) is 24.9 Å². The number of aromatic nitrogens is 5. The summed E-state index contributed by atoms with van der Waals surface area (Å²) in [5.41, 5.74) is 1.28. The predicted molar refractivity (Wildman–Crippen MR) is 117 cm³/mol. The summed E-state index contributed by atoms with van der Waals surface area (Å²) >= 11 is 1.51. The Bertz CT molecular complexity index is 1090. The van der Waals surface area contributed by atoms with E-state index in [1.54, 1.807) is 18.4 Å². The predicted octanol–water partition coefficient (Wildman–Crippen LogP) is 5.01. The van der Waals surface area contributed by atoms with Crippen molar-refractivity contribution in [2.75, 3.05) is 0 Å². The van der Waals surface area contributed by atoms with Gasteiger partial charge in [-0.2, -0.15) is 4.98 Å². The Labute approximate surface area is 185 Å². The third-order valence-electron chi connectivity index (χ3n) is 4.58. The van der Waals surface area contributed by atoms with Crippen LogP contribution < -0.4 is 4.74 Å². The summed E-state index contributed by atoms with van der Waals surface area (Å²) < 4.78 is 18.7. The molecule has 8 nitrogen and oxygen atoms in total. The molecule has 0 radical (unpaired) electrons. The van der Waals surface area contributed by atoms with Crippen LogP contribution in [0.5, 0.6) is 5.75 Å². The average molecular weight is 440 g/mol. The number of furan rings is 1. The van der Waals surface area contributed by atoms with Gasteiger partial charge in [-0.25, -0.2) is 0 Å². The van der Waals surface area contributed by atoms with Crippen molar-refractivity contribution in [1.82, 2.24) is 24.9 Å². The molecule has 0 spiro atoms. The molecule has 3 aromatic heterocycles. The third kappa shape index (κ3) is 5.35. The van der Waals surface area contributed by atoms with Gasteiger partial charge in [0.15, 0.2) is 16.7 Å². The van der Waals surface area contributed by atoms with Crippen molar-refractivity contribution in [3.63, 3.8) is 0 Å². The fourth-order valence-corrected chi connectivity index (χ4v) is 3.80. The van der Waals surface area contributed by atoms with Gasteiger partial charge in [-0.1, -0.05) is 49.8 Å². The van der Waals surface area contributed by atoms with E-state index in [0.29, 0.717) is 35.8 Å². The van der Waals surface area contributed by atoms with Gasteiger partial charge in [0, 0.05) is 6.54 Å². The molecule has 0 bridgehead atoms. The lowest BCUT2D eigenvalue weighted by molar-refractivity contribution is 0.284. The van der Waals surface area contributed by atoms with Crippen molar-refractivity contribution in [2.24, 2.45) is 5.92 Å². The summed E-state index contributed by atoms with van der Waals surface area (Å²) in [6.07, 6.45) is 2.59. The molecule has 9 heteroatoms. The van der Waals surface area contributed by atoms with E-state index in [4.69, 9.17) is 13.7 Å². The second-order valence-corrected chi connectivity index (χ2v) is 8.41. The summed E-state index contributed by atoms with van der Waals surface area (Å²) in [6, 6.07) is 11.7. The fraction of sp³-hybridized carbons (Fsp3) is 0.364. The van der Waals surface area contributed by atoms with Crippen molar-refractivity contribution in [3.05, 3.63) is 59.9 Å². The first kappa shape index (κ1) is 21.2. The maximum atomic E-state index is 5.95. The topological polar surface area (TPSA) is 92.0 Å². The highest BCUT2D eigenvalue weighted by Crippen LogP contribution is 2.25. The molecule has 0 aliphatic carbocycles. The molecule has 0 saturated heterocycles. The second kappa shape index (κ2) is 9.82. The van der Waals surface area contributed by atoms with E-state index >= 15 is 0 Å². The number of ether oxygens (including phenoxy) is 1. The van der Waals surface area contributed by atoms with Crippen molar-refractivity contribution in [1.29, 1.82) is 0 Å². The van der Waals surface area contributed by atoms with Gasteiger partial charge in [0.05, 0.1) is 12.0 Å². The third-order valence-corrected chi connectivity index (χ3v) is 5.53. The molecule has 31 heavy (non-hydrogen) atoms. The second-order valence-electron chi connectivity index (χ2n) is 7.47. The average Bonchev–Trinajstić information content (AvgIpc) is 3.52. The maximum Gasteiger partial charge on any atom is 0.238 e. The van der Waals surface area contributed by atoms with Gasteiger partial charge >= 0.3 is 0 Å². The lowest BCUT2D eigenvalue weighted by Crippen LogP contribution is -2.12. The minimum atomic E-state index is 0.356. The van der Waals surface area contributed by atoms with Crippen molar-refractivity contribution >= 4 is 11.8 Å². The molecule has 1 aromatic carbocycles. The minimum absolute atomic E-state index is 0.356. The van der Waals surface area contributed by atoms with Crippen LogP contribution in [0, 0.1) is 5.92 Å². The van der Waals surface area contributed by atoms with Crippen molar-refractivity contribution < 1.29 is 13.7 Å². The maximum absolute atomic E-state index is 5.95. The zero-order chi connectivity index (χ0) is 21.6. The van der Waals surface area contributed by atoms with E-state index in [-0.39, 0.29) is 0 Å². The number of benzene rings is 1. The Hall–Kier alpha value is -3.07. The number of nitrogens with zero attached hydrogens (tertiary/aromatic N) is 5. The Morgan fingerprint density at radius 3 is 2.68 bits per heavy atom. The molecule has 0 saturated carbocycles. The molecule has 0 aliphatic rings. The quantitative estimate of drug-likeness (QED) is 0.318. The van der Waals surface area contributed by atoms with Gasteiger partial charge in [-0.15, -0.1) is 10.2 Å². The lowest BCUT2D eigenvalue weighted by Gasteiger charge is -2.13. The van der Waals surface area contributed by atoms with E-state index in [1.165, 1.54) is 17.3 Å². The van der Waals surface area contributed by atoms with E-state index < -0.39 is 0 Å². The highest BCUT2D eigenvalue weighted by molar-refractivity contribution is 7.98. The van der Waals surface area contributed by atoms with Crippen LogP contribution in [0.1, 0.15) is 38.0 Å². The van der Waals surface area contributed by atoms with Crippen LogP contribution in [0.15, 0.2) is 56.8 Å². The summed E-state index contributed by atoms with van der Waals surface area (Å²) in [6.45, 7) is 7.61. The molecule has 162 valence electrons. The first-order valence-electron chi connectivity index (χ1n) is 10.3. The van der Waals surface area contributed by atoms with Crippen LogP contribution in [0.25, 0.3) is 11.6 Å². The molecule has 3 heterocycles. The Kier molecular flexibility index (Phi) is 6.71. The van der Waals surface area contributed by atoms with Gasteiger partial charge < -0.3 is 18.2 Å². The van der Waals surface area contributed by atoms with Crippen molar-refractivity contribution in [2.45, 2.75) is 51.3 Å². The van der Waals surface area contributed by atoms with E-state index in [1.807, 2.05) is 12.1 Å². The first-order chi connectivity index (χ1) is 15.1. The normalized spacial score (nSPS) is 11.4. The molecule has 0 N–H and O–H groups in total. The fourth-order valence-electron chi connectivity index (χ4n) is 3.00. The molecule has 0 unspecified atom stereocenters. The molecular formula is C22H25N5O3S. The van der Waals surface area contributed by atoms with Gasteiger partial charge in [-0.05, 0) is 42.2 Å². The highest BCUT2D eigenvalue weighted by atomic mass is 32.2. The first-order valence-corrected chi connectivity index (χ1v) is 11.2. The molecule has 4 rings (SSSR count). The zero-order valence-corrected chi connectivity index (χ0v) is 18.6. The Morgan fingerprint density at radius 2 is 1.97 bits per heavy atom. The molecule has 0 fully saturated rings. The summed E-state index contributed by atoms with van der Waals surface area (Å²) in [7, 11) is 0. The molecule has 0 amide bonds. The Morgan fingerprint density at radius 1 is 1.13 bits per heavy atom. The molecule has 4 aromatic rings. The zero-order valence-electron chi connectivity index (χ0n) is 17.8. The van der Waals surface area contributed by atoms with Crippen LogP contribution in [0.2, 0.25) is 0 Å². The Balaban J connectivity index is 1.43. The largest absolute Gasteiger partial charge is 0.486 e. The van der Waals surface area contributed by atoms with Gasteiger partial charge in [0.25, 0.3) is 0 Å². The number of hydrogen-bond acceptors (Lipinski definition) is 8. The standard InChI is InChI=1S/C22H25N5O3S/c1-4-16-7-9-17(10-8-16)29-13-19-24-25-22(27(19)12-15(2)3)31-14-20-23-21(26-30-20)18-6-5-11-28-18/h5-11,15H,4,12-14H2,1-3H3. The van der Waals surface area contributed by atoms with Crippen LogP contribution in [0.4, 0.5) is 0 Å². The highest BCUT2D eigenvalue weighted by Gasteiger charge is 2.17. The minimum Gasteiger partial charge on any atom is -0.486 e. The van der Waals surface area contributed by atoms with Gasteiger partial charge in [0.1, 0.15) is 12.4 Å². The number of rotatable bonds is 10. The molecule has 0 atom stereocenters. The van der Waals surface area contributed by atoms with E-state index in [2.05, 4.69) is 57.8 Å². The van der Waals surface area contributed by atoms with Crippen molar-refractivity contribution in [3.8, 4) is 17.3 Å². The van der Waals surface area contributed by atoms with Crippen LogP contribution >= 0.6 is 11.8 Å². The summed E-state index contributed by atoms with van der Waals surface area (Å²) in [5.74, 6) is 4.06. The summed E-state index contributed by atoms with van der Waals surface area (Å²) in [4.78, 5) is 4.38. The number of aryl methyl sites for hydroxylation is 1. The lowest BCUT2D eigenvalue weighted by atomic mass is 10.2. The smallest absolute Gasteiger partial charge is 0.238 e. The van der Waals surface area contributed by atoms with Crippen LogP contribution in [-0.2, 0) is 25.3 Å². The SMILES string of the molecule is CCc1ccc(OCc2nnc(SCc3nc(-c4ccco4)no3)n2CC(C)C)cc1.